The SMILES string of the molecule is C.C.C.C.C.[2H]C(C)(C)N1c2ncccc2N(c2c(C)ccc3c2oc2ncccc23)C1C.[2H]C(C)(C)N1c2nccnc2N(c2c(C)ccc3c2oc2ncccc23)C1C.[2H]C([2H])([2H])C([2H])(C)N1c2ncccc2N(c2c(C)ccc3c2oc2ncccc23)C1C.[2H]C([2H])([2H])N1c2ncccc2N(c2c(C)ccc3c2oc2ncccc23)C1C.[2H]C([2H])([2H])N1c2nccnc2N(c2c(C)ccc3c2oc2ncccc23)C1C. The summed E-state index contributed by atoms with van der Waals surface area (Å²) < 4.78 is 129. The lowest BCUT2D eigenvalue weighted by molar-refractivity contribution is 0.597. The molecule has 5 aliphatic rings. The highest BCUT2D eigenvalue weighted by Gasteiger charge is 2.44. The van der Waals surface area contributed by atoms with E-state index in [0.29, 0.717) is 74.4 Å². The van der Waals surface area contributed by atoms with Gasteiger partial charge < -0.3 is 61.3 Å². The molecule has 0 fully saturated rings. The van der Waals surface area contributed by atoms with Gasteiger partial charge in [-0.15, -0.1) is 0 Å². The Morgan fingerprint density at radius 3 is 0.816 bits per heavy atom. The largest absolute Gasteiger partial charge is 0.435 e. The lowest BCUT2D eigenvalue weighted by Gasteiger charge is -2.33. The van der Waals surface area contributed by atoms with E-state index in [2.05, 4.69) is 128 Å². The highest BCUT2D eigenvalue weighted by molar-refractivity contribution is 6.15. The first-order valence-corrected chi connectivity index (χ1v) is 43.4. The van der Waals surface area contributed by atoms with Crippen molar-refractivity contribution >= 4 is 197 Å². The highest BCUT2D eigenvalue weighted by Crippen LogP contribution is 2.54. The Morgan fingerprint density at radius 2 is 0.485 bits per heavy atom. The lowest BCUT2D eigenvalue weighted by Crippen LogP contribution is -2.42. The maximum Gasteiger partial charge on any atom is 0.227 e. The molecule has 136 heavy (non-hydrogen) atoms. The molecule has 0 saturated carbocycles. The third-order valence-electron chi connectivity index (χ3n) is 25.2. The van der Waals surface area contributed by atoms with Crippen molar-refractivity contribution in [2.24, 2.45) is 0 Å². The van der Waals surface area contributed by atoms with Gasteiger partial charge in [-0.25, -0.2) is 59.8 Å². The van der Waals surface area contributed by atoms with E-state index in [1.165, 1.54) is 22.9 Å². The van der Waals surface area contributed by atoms with Crippen LogP contribution < -0.4 is 49.0 Å². The molecule has 5 aromatic carbocycles. The summed E-state index contributed by atoms with van der Waals surface area (Å²) in [5, 5.41) is 9.64. The van der Waals surface area contributed by atoms with Gasteiger partial charge in [0.15, 0.2) is 68.6 Å². The summed E-state index contributed by atoms with van der Waals surface area (Å²) in [6.45, 7) is 21.6. The van der Waals surface area contributed by atoms with Gasteiger partial charge >= 0.3 is 0 Å². The zero-order chi connectivity index (χ0) is 101. The zero-order valence-electron chi connectivity index (χ0n) is 86.7. The van der Waals surface area contributed by atoms with Crippen LogP contribution in [-0.2, 0) is 0 Å². The van der Waals surface area contributed by atoms with Crippen molar-refractivity contribution < 1.29 is 38.5 Å². The van der Waals surface area contributed by atoms with E-state index in [0.717, 1.165) is 150 Å². The Hall–Kier alpha value is -15.5. The average Bonchev–Trinajstić information content (AvgIpc) is 1.56. The summed E-state index contributed by atoms with van der Waals surface area (Å²) in [6, 6.07) is 47.8. The minimum atomic E-state index is -2.53. The van der Waals surface area contributed by atoms with Crippen LogP contribution in [0.1, 0.15) is 157 Å². The Morgan fingerprint density at radius 1 is 0.250 bits per heavy atom. The molecule has 0 amide bonds. The number of anilines is 15. The van der Waals surface area contributed by atoms with Crippen molar-refractivity contribution in [3.8, 4) is 0 Å². The van der Waals surface area contributed by atoms with E-state index in [1.807, 2.05) is 221 Å². The summed E-state index contributed by atoms with van der Waals surface area (Å²) in [5.74, 6) is 4.01. The second kappa shape index (κ2) is 36.8. The van der Waals surface area contributed by atoms with Gasteiger partial charge in [0, 0.05) is 173 Å². The average molecular weight is 1830 g/mol. The van der Waals surface area contributed by atoms with Crippen LogP contribution in [0.3, 0.4) is 0 Å². The number of aromatic nitrogens is 12. The molecule has 15 aromatic heterocycles. The van der Waals surface area contributed by atoms with Crippen LogP contribution in [0, 0.1) is 34.6 Å². The number of hydrogen-bond acceptors (Lipinski definition) is 27. The fraction of sp³-hybridized carbons (Fsp3) is 0.284. The van der Waals surface area contributed by atoms with Crippen LogP contribution >= 0.6 is 0 Å². The summed E-state index contributed by atoms with van der Waals surface area (Å²) in [4.78, 5) is 71.7. The molecule has 0 bridgehead atoms. The minimum Gasteiger partial charge on any atom is -0.435 e. The molecule has 6 atom stereocenters. The molecule has 0 spiro atoms. The van der Waals surface area contributed by atoms with Gasteiger partial charge in [-0.2, -0.15) is 0 Å². The van der Waals surface area contributed by atoms with Crippen LogP contribution in [0.15, 0.2) is 254 Å². The number of pyridine rings is 8. The third-order valence-corrected chi connectivity index (χ3v) is 25.2. The highest BCUT2D eigenvalue weighted by atomic mass is 16.4. The first-order valence-electron chi connectivity index (χ1n) is 49.4. The first-order chi connectivity index (χ1) is 68.1. The Bertz CT molecular complexity index is 7660. The molecule has 696 valence electrons. The van der Waals surface area contributed by atoms with E-state index < -0.39 is 57.4 Å². The van der Waals surface area contributed by atoms with Crippen molar-refractivity contribution in [1.82, 2.24) is 59.8 Å². The predicted octanol–water partition coefficient (Wildman–Crippen LogP) is 27.4. The van der Waals surface area contributed by atoms with Crippen molar-refractivity contribution in [3.05, 3.63) is 260 Å². The van der Waals surface area contributed by atoms with Crippen LogP contribution in [-0.4, -0.2) is 123 Å². The van der Waals surface area contributed by atoms with Gasteiger partial charge in [0.25, 0.3) is 0 Å². The smallest absolute Gasteiger partial charge is 0.227 e. The van der Waals surface area contributed by atoms with Gasteiger partial charge in [0.05, 0.1) is 49.6 Å². The Balaban J connectivity index is 0.000000131. The number of rotatable bonds is 8. The first kappa shape index (κ1) is 79.1. The van der Waals surface area contributed by atoms with Gasteiger partial charge in [-0.05, 0) is 236 Å². The van der Waals surface area contributed by atoms with E-state index in [1.54, 1.807) is 73.1 Å². The van der Waals surface area contributed by atoms with E-state index in [4.69, 9.17) is 38.5 Å². The van der Waals surface area contributed by atoms with E-state index >= 15 is 0 Å². The zero-order valence-corrected chi connectivity index (χ0v) is 74.7. The van der Waals surface area contributed by atoms with Crippen molar-refractivity contribution in [3.63, 3.8) is 0 Å². The number of benzene rings is 5. The molecule has 0 saturated heterocycles. The monoisotopic (exact) mass is 1830 g/mol. The fourth-order valence-electron chi connectivity index (χ4n) is 19.4. The summed E-state index contributed by atoms with van der Waals surface area (Å²) in [6.07, 6.45) is 18.4. The molecule has 6 unspecified atom stereocenters. The molecular formula is C109H120N22O5. The standard InChI is InChI=1S/2C22H22N4O.C21H21N5O.C20H18N4O.C19H17N5O.5CH4/c2*1-13(2)25-15(4)26(18-8-6-11-23-21(18)25)19-14(3)9-10-16-17-7-5-12-24-22(17)27-20(16)19;1-12(2)25-14(4)26(20-19(25)22-10-11-23-20)17-13(3)7-8-15-16-6-5-9-24-21(16)27-18(15)17;1-12-8-9-14-15-6-4-11-22-20(15)25-18(14)17(12)24-13(2)23(3)19-16(24)7-5-10-21-19;1-11-6-7-13-14-5-4-8-22-19(14)25-16(13)15(11)24-12(2)23(3)17-18(24)21-10-9-20-17;;;;;/h2*5-13,15H,1-4H3;5-12,14H,1-4H3;4-11,13H,1-3H3;4-10,12H,1-3H3;5*1H4/i1D3,13D;13D;12D;2*3D3;;;;;. The van der Waals surface area contributed by atoms with Gasteiger partial charge in [-0.1, -0.05) is 97.8 Å². The number of furan rings is 5. The van der Waals surface area contributed by atoms with Crippen LogP contribution in [0.2, 0.25) is 0 Å². The number of hydrogen-bond donors (Lipinski definition) is 0. The molecule has 0 radical (unpaired) electrons. The second-order valence-corrected chi connectivity index (χ2v) is 33.6. The molecule has 0 aliphatic carbocycles. The molecule has 20 heterocycles. The minimum absolute atomic E-state index is 0. The van der Waals surface area contributed by atoms with E-state index in [-0.39, 0.29) is 49.5 Å². The third kappa shape index (κ3) is 14.9. The number of aryl methyl sites for hydroxylation is 5. The molecule has 20 aromatic rings. The topological polar surface area (TPSA) is 253 Å². The Kier molecular flexibility index (Phi) is 21.4. The molecule has 27 nitrogen and oxygen atoms in total. The van der Waals surface area contributed by atoms with Gasteiger partial charge in [-0.3, -0.25) is 9.80 Å². The lowest BCUT2D eigenvalue weighted by atomic mass is 10.1. The summed E-state index contributed by atoms with van der Waals surface area (Å²) in [7, 11) is 0. The van der Waals surface area contributed by atoms with Crippen molar-refractivity contribution in [2.45, 2.75) is 197 Å². The maximum atomic E-state index is 8.76. The molecule has 0 N–H and O–H groups in total. The number of nitrogens with zero attached hydrogens (tertiary/aromatic N) is 22. The maximum absolute atomic E-state index is 8.76. The number of fused-ring (bicyclic) bond motifs is 20. The van der Waals surface area contributed by atoms with Crippen molar-refractivity contribution in [1.29, 1.82) is 0 Å². The van der Waals surface area contributed by atoms with Crippen molar-refractivity contribution in [2.75, 3.05) is 63.0 Å². The fourth-order valence-corrected chi connectivity index (χ4v) is 19.4. The second-order valence-electron chi connectivity index (χ2n) is 33.6. The molecule has 25 rings (SSSR count). The van der Waals surface area contributed by atoms with Crippen LogP contribution in [0.4, 0.5) is 86.2 Å². The normalized spacial score (nSPS) is 18.3. The molecular weight excluding hydrogens is 1700 g/mol. The van der Waals surface area contributed by atoms with Crippen LogP contribution in [0.25, 0.3) is 110 Å². The molecule has 5 aliphatic heterocycles. The van der Waals surface area contributed by atoms with Gasteiger partial charge in [0.1, 0.15) is 30.8 Å². The quantitative estimate of drug-likeness (QED) is 0.137. The van der Waals surface area contributed by atoms with E-state index in [9.17, 15) is 0 Å². The predicted molar refractivity (Wildman–Crippen MR) is 559 cm³/mol. The van der Waals surface area contributed by atoms with Crippen LogP contribution in [0.5, 0.6) is 0 Å². The summed E-state index contributed by atoms with van der Waals surface area (Å²) >= 11 is 0. The summed E-state index contributed by atoms with van der Waals surface area (Å²) in [5.41, 5.74) is 18.5. The van der Waals surface area contributed by atoms with Gasteiger partial charge in [0.2, 0.25) is 28.6 Å². The molecule has 27 heteroatoms. The Labute approximate surface area is 810 Å².